The lowest BCUT2D eigenvalue weighted by Gasteiger charge is -2.05. The molecule has 3 aromatic rings. The largest absolute Gasteiger partial charge is 0.497 e. The summed E-state index contributed by atoms with van der Waals surface area (Å²) >= 11 is 1.03. The van der Waals surface area contributed by atoms with Gasteiger partial charge in [0.05, 0.1) is 20.0 Å². The third-order valence-corrected chi connectivity index (χ3v) is 4.58. The lowest BCUT2D eigenvalue weighted by atomic mass is 10.2. The molecule has 0 aliphatic rings. The first-order chi connectivity index (χ1) is 13.5. The van der Waals surface area contributed by atoms with Crippen molar-refractivity contribution in [1.29, 1.82) is 0 Å². The molecular formula is C18H18N4O5S. The molecule has 0 saturated heterocycles. The molecule has 0 saturated carbocycles. The van der Waals surface area contributed by atoms with Gasteiger partial charge in [-0.25, -0.2) is 0 Å². The Balaban J connectivity index is 1.61. The van der Waals surface area contributed by atoms with E-state index in [1.807, 2.05) is 0 Å². The number of nitrogens with zero attached hydrogens (tertiary/aromatic N) is 3. The Hall–Kier alpha value is -3.27. The van der Waals surface area contributed by atoms with Crippen LogP contribution in [0.15, 0.2) is 46.2 Å². The van der Waals surface area contributed by atoms with E-state index in [4.69, 9.17) is 13.9 Å². The SMILES string of the molecule is COc1cc(OC)cc(-c2nnc(SCC(=O)NC(=O)c3cccn3C)o2)c1. The van der Waals surface area contributed by atoms with Gasteiger partial charge in [-0.05, 0) is 24.3 Å². The van der Waals surface area contributed by atoms with Crippen molar-refractivity contribution in [3.05, 3.63) is 42.2 Å². The fourth-order valence-electron chi connectivity index (χ4n) is 2.37. The average Bonchev–Trinajstić information content (AvgIpc) is 3.34. The smallest absolute Gasteiger partial charge is 0.277 e. The van der Waals surface area contributed by atoms with Crippen molar-refractivity contribution in [2.45, 2.75) is 5.22 Å². The molecule has 0 atom stereocenters. The highest BCUT2D eigenvalue weighted by Crippen LogP contribution is 2.30. The number of nitrogens with one attached hydrogen (secondary N) is 1. The lowest BCUT2D eigenvalue weighted by Crippen LogP contribution is -2.32. The van der Waals surface area contributed by atoms with E-state index in [1.54, 1.807) is 62.4 Å². The van der Waals surface area contributed by atoms with Gasteiger partial charge in [-0.15, -0.1) is 10.2 Å². The molecule has 3 rings (SSSR count). The maximum atomic E-state index is 12.0. The van der Waals surface area contributed by atoms with Crippen molar-refractivity contribution in [2.24, 2.45) is 7.05 Å². The van der Waals surface area contributed by atoms with Crippen LogP contribution in [-0.4, -0.2) is 46.6 Å². The highest BCUT2D eigenvalue weighted by molar-refractivity contribution is 7.99. The van der Waals surface area contributed by atoms with E-state index in [0.717, 1.165) is 11.8 Å². The first-order valence-electron chi connectivity index (χ1n) is 8.15. The van der Waals surface area contributed by atoms with Crippen molar-refractivity contribution in [1.82, 2.24) is 20.1 Å². The Morgan fingerprint density at radius 2 is 1.89 bits per heavy atom. The number of benzene rings is 1. The highest BCUT2D eigenvalue weighted by Gasteiger charge is 2.16. The van der Waals surface area contributed by atoms with Crippen LogP contribution in [0.1, 0.15) is 10.5 Å². The Bertz CT molecular complexity index is 975. The Kier molecular flexibility index (Phi) is 5.99. The van der Waals surface area contributed by atoms with Gasteiger partial charge in [0.25, 0.3) is 11.1 Å². The second kappa shape index (κ2) is 8.61. The van der Waals surface area contributed by atoms with E-state index in [1.165, 1.54) is 0 Å². The minimum atomic E-state index is -0.465. The predicted octanol–water partition coefficient (Wildman–Crippen LogP) is 2.14. The Morgan fingerprint density at radius 3 is 2.50 bits per heavy atom. The summed E-state index contributed by atoms with van der Waals surface area (Å²) in [5.41, 5.74) is 1.02. The summed E-state index contributed by atoms with van der Waals surface area (Å²) in [5, 5.41) is 10.4. The van der Waals surface area contributed by atoms with Crippen LogP contribution < -0.4 is 14.8 Å². The van der Waals surface area contributed by atoms with Crippen LogP contribution in [0.3, 0.4) is 0 Å². The molecule has 1 N–H and O–H groups in total. The number of imide groups is 1. The molecule has 0 aliphatic heterocycles. The molecule has 2 amide bonds. The van der Waals surface area contributed by atoms with Gasteiger partial charge in [0.2, 0.25) is 11.8 Å². The third-order valence-electron chi connectivity index (χ3n) is 3.76. The fraction of sp³-hybridized carbons (Fsp3) is 0.222. The summed E-state index contributed by atoms with van der Waals surface area (Å²) in [7, 11) is 4.81. The number of hydrogen-bond acceptors (Lipinski definition) is 8. The molecule has 28 heavy (non-hydrogen) atoms. The second-order valence-electron chi connectivity index (χ2n) is 5.64. The molecule has 0 radical (unpaired) electrons. The van der Waals surface area contributed by atoms with Crippen molar-refractivity contribution in [3.8, 4) is 23.0 Å². The summed E-state index contributed by atoms with van der Waals surface area (Å²) in [5.74, 6) is 0.464. The normalized spacial score (nSPS) is 10.5. The van der Waals surface area contributed by atoms with Crippen molar-refractivity contribution < 1.29 is 23.5 Å². The number of ether oxygens (including phenoxy) is 2. The molecule has 9 nitrogen and oxygen atoms in total. The first-order valence-corrected chi connectivity index (χ1v) is 9.14. The molecule has 10 heteroatoms. The molecule has 0 spiro atoms. The fourth-order valence-corrected chi connectivity index (χ4v) is 2.93. The number of methoxy groups -OCH3 is 2. The van der Waals surface area contributed by atoms with E-state index in [9.17, 15) is 9.59 Å². The van der Waals surface area contributed by atoms with Gasteiger partial charge in [0, 0.05) is 24.9 Å². The third kappa shape index (κ3) is 4.52. The van der Waals surface area contributed by atoms with Crippen LogP contribution in [0.5, 0.6) is 11.5 Å². The van der Waals surface area contributed by atoms with Crippen LogP contribution in [0.4, 0.5) is 0 Å². The number of aryl methyl sites for hydroxylation is 1. The van der Waals surface area contributed by atoms with Crippen molar-refractivity contribution >= 4 is 23.6 Å². The second-order valence-corrected chi connectivity index (χ2v) is 6.57. The molecular weight excluding hydrogens is 384 g/mol. The molecule has 2 heterocycles. The summed E-state index contributed by atoms with van der Waals surface area (Å²) < 4.78 is 17.6. The zero-order valence-corrected chi connectivity index (χ0v) is 16.3. The van der Waals surface area contributed by atoms with Gasteiger partial charge in [-0.1, -0.05) is 11.8 Å². The van der Waals surface area contributed by atoms with E-state index >= 15 is 0 Å². The number of thioether (sulfide) groups is 1. The standard InChI is InChI=1S/C18H18N4O5S/c1-22-6-4-5-14(22)16(24)19-15(23)10-28-18-21-20-17(27-18)11-7-12(25-2)9-13(8-11)26-3/h4-9H,10H2,1-3H3,(H,19,23,24). The van der Waals surface area contributed by atoms with Crippen LogP contribution in [0.2, 0.25) is 0 Å². The number of carbonyl (C=O) groups is 2. The van der Waals surface area contributed by atoms with Crippen LogP contribution in [0.25, 0.3) is 11.5 Å². The molecule has 2 aromatic heterocycles. The predicted molar refractivity (Wildman–Crippen MR) is 101 cm³/mol. The van der Waals surface area contributed by atoms with Crippen molar-refractivity contribution in [3.63, 3.8) is 0 Å². The van der Waals surface area contributed by atoms with E-state index < -0.39 is 11.8 Å². The number of rotatable bonds is 7. The average molecular weight is 402 g/mol. The number of aromatic nitrogens is 3. The summed E-state index contributed by atoms with van der Waals surface area (Å²) in [6.45, 7) is 0. The summed E-state index contributed by atoms with van der Waals surface area (Å²) in [6.07, 6.45) is 1.72. The minimum absolute atomic E-state index is 0.0424. The van der Waals surface area contributed by atoms with Gasteiger partial charge >= 0.3 is 0 Å². The molecule has 146 valence electrons. The maximum Gasteiger partial charge on any atom is 0.277 e. The topological polar surface area (TPSA) is 108 Å². The van der Waals surface area contributed by atoms with E-state index in [0.29, 0.717) is 22.8 Å². The van der Waals surface area contributed by atoms with Crippen LogP contribution in [-0.2, 0) is 11.8 Å². The zero-order chi connectivity index (χ0) is 20.1. The van der Waals surface area contributed by atoms with Gasteiger partial charge < -0.3 is 18.5 Å². The highest BCUT2D eigenvalue weighted by atomic mass is 32.2. The zero-order valence-electron chi connectivity index (χ0n) is 15.5. The maximum absolute atomic E-state index is 12.0. The van der Waals surface area contributed by atoms with Crippen LogP contribution in [0, 0.1) is 0 Å². The van der Waals surface area contributed by atoms with Gasteiger partial charge in [-0.2, -0.15) is 0 Å². The van der Waals surface area contributed by atoms with E-state index in [2.05, 4.69) is 15.5 Å². The van der Waals surface area contributed by atoms with Gasteiger partial charge in [0.15, 0.2) is 0 Å². The quantitative estimate of drug-likeness (QED) is 0.599. The molecule has 1 aromatic carbocycles. The van der Waals surface area contributed by atoms with Gasteiger partial charge in [-0.3, -0.25) is 14.9 Å². The number of amides is 2. The van der Waals surface area contributed by atoms with Gasteiger partial charge in [0.1, 0.15) is 17.2 Å². The first kappa shape index (κ1) is 19.5. The molecule has 0 aliphatic carbocycles. The minimum Gasteiger partial charge on any atom is -0.497 e. The summed E-state index contributed by atoms with van der Waals surface area (Å²) in [4.78, 5) is 24.0. The lowest BCUT2D eigenvalue weighted by molar-refractivity contribution is -0.117. The summed E-state index contributed by atoms with van der Waals surface area (Å²) in [6, 6.07) is 8.54. The van der Waals surface area contributed by atoms with Crippen LogP contribution >= 0.6 is 11.8 Å². The molecule has 0 fully saturated rings. The van der Waals surface area contributed by atoms with Crippen molar-refractivity contribution in [2.75, 3.05) is 20.0 Å². The number of carbonyl (C=O) groups excluding carboxylic acids is 2. The number of hydrogen-bond donors (Lipinski definition) is 1. The van der Waals surface area contributed by atoms with E-state index in [-0.39, 0.29) is 16.9 Å². The molecule has 0 unspecified atom stereocenters. The molecule has 0 bridgehead atoms. The monoisotopic (exact) mass is 402 g/mol. The Morgan fingerprint density at radius 1 is 1.18 bits per heavy atom. The Labute approximate surface area is 165 Å².